The Balaban J connectivity index is 2.07. The first kappa shape index (κ1) is 13.0. The average Bonchev–Trinajstić information content (AvgIpc) is 2.88. The van der Waals surface area contributed by atoms with Gasteiger partial charge < -0.3 is 10.3 Å². The molecule has 19 heavy (non-hydrogen) atoms. The van der Waals surface area contributed by atoms with Gasteiger partial charge in [0.25, 0.3) is 11.6 Å². The van der Waals surface area contributed by atoms with Crippen LogP contribution in [0.3, 0.4) is 0 Å². The highest BCUT2D eigenvalue weighted by Gasteiger charge is 2.15. The number of nitro benzene ring substituents is 1. The fourth-order valence-electron chi connectivity index (χ4n) is 1.46. The van der Waals surface area contributed by atoms with Gasteiger partial charge in [-0.25, -0.2) is 4.98 Å². The number of rotatable bonds is 4. The summed E-state index contributed by atoms with van der Waals surface area (Å²) in [4.78, 5) is 28.6. The number of benzene rings is 1. The van der Waals surface area contributed by atoms with Crippen LogP contribution in [0, 0.1) is 10.1 Å². The van der Waals surface area contributed by atoms with E-state index in [-0.39, 0.29) is 28.7 Å². The number of carbonyl (C=O) groups excluding carboxylic acids is 1. The zero-order chi connectivity index (χ0) is 13.8. The molecule has 0 aliphatic carbocycles. The van der Waals surface area contributed by atoms with Crippen LogP contribution in [0.1, 0.15) is 16.2 Å². The molecule has 1 heterocycles. The van der Waals surface area contributed by atoms with E-state index in [4.69, 9.17) is 11.6 Å². The second-order valence-electron chi connectivity index (χ2n) is 3.64. The predicted octanol–water partition coefficient (Wildman–Crippen LogP) is 1.90. The fraction of sp³-hybridized carbons (Fsp3) is 0.0909. The Labute approximate surface area is 112 Å². The van der Waals surface area contributed by atoms with Gasteiger partial charge in [0, 0.05) is 24.0 Å². The molecule has 1 amide bonds. The van der Waals surface area contributed by atoms with Crippen molar-refractivity contribution in [3.05, 3.63) is 57.1 Å². The molecule has 0 unspecified atom stereocenters. The van der Waals surface area contributed by atoms with Gasteiger partial charge in [-0.2, -0.15) is 0 Å². The van der Waals surface area contributed by atoms with Crippen molar-refractivity contribution in [2.24, 2.45) is 0 Å². The van der Waals surface area contributed by atoms with E-state index >= 15 is 0 Å². The van der Waals surface area contributed by atoms with Crippen molar-refractivity contribution in [3.63, 3.8) is 0 Å². The lowest BCUT2D eigenvalue weighted by atomic mass is 10.2. The SMILES string of the molecule is O=C(NCc1ncc[nH]1)c1ccc([N+](=O)[O-])c(Cl)c1. The van der Waals surface area contributed by atoms with Gasteiger partial charge >= 0.3 is 0 Å². The summed E-state index contributed by atoms with van der Waals surface area (Å²) in [6, 6.07) is 3.81. The van der Waals surface area contributed by atoms with Gasteiger partial charge in [-0.05, 0) is 12.1 Å². The molecule has 2 aromatic rings. The first-order chi connectivity index (χ1) is 9.08. The summed E-state index contributed by atoms with van der Waals surface area (Å²) in [6.07, 6.45) is 3.22. The summed E-state index contributed by atoms with van der Waals surface area (Å²) in [5, 5.41) is 13.1. The highest BCUT2D eigenvalue weighted by molar-refractivity contribution is 6.33. The molecule has 0 bridgehead atoms. The second kappa shape index (κ2) is 5.49. The highest BCUT2D eigenvalue weighted by Crippen LogP contribution is 2.24. The molecule has 0 spiro atoms. The number of hydrogen-bond acceptors (Lipinski definition) is 4. The van der Waals surface area contributed by atoms with Crippen LogP contribution in [0.25, 0.3) is 0 Å². The first-order valence-electron chi connectivity index (χ1n) is 5.28. The minimum Gasteiger partial charge on any atom is -0.347 e. The van der Waals surface area contributed by atoms with Crippen molar-refractivity contribution in [1.82, 2.24) is 15.3 Å². The minimum atomic E-state index is -0.604. The number of nitro groups is 1. The highest BCUT2D eigenvalue weighted by atomic mass is 35.5. The van der Waals surface area contributed by atoms with E-state index in [0.29, 0.717) is 5.82 Å². The van der Waals surface area contributed by atoms with Crippen LogP contribution in [0.15, 0.2) is 30.6 Å². The van der Waals surface area contributed by atoms with Crippen LogP contribution in [0.5, 0.6) is 0 Å². The first-order valence-corrected chi connectivity index (χ1v) is 5.66. The van der Waals surface area contributed by atoms with Crippen LogP contribution < -0.4 is 5.32 Å². The number of amides is 1. The molecule has 0 fully saturated rings. The average molecular weight is 281 g/mol. The van der Waals surface area contributed by atoms with Crippen LogP contribution in [0.4, 0.5) is 5.69 Å². The maximum atomic E-state index is 11.8. The number of nitrogens with zero attached hydrogens (tertiary/aromatic N) is 2. The number of hydrogen-bond donors (Lipinski definition) is 2. The molecular weight excluding hydrogens is 272 g/mol. The van der Waals surface area contributed by atoms with E-state index < -0.39 is 4.92 Å². The third-order valence-corrected chi connectivity index (χ3v) is 2.68. The van der Waals surface area contributed by atoms with Gasteiger partial charge in [0.05, 0.1) is 11.5 Å². The third-order valence-electron chi connectivity index (χ3n) is 2.38. The Morgan fingerprint density at radius 1 is 1.53 bits per heavy atom. The van der Waals surface area contributed by atoms with Gasteiger partial charge in [-0.15, -0.1) is 0 Å². The van der Waals surface area contributed by atoms with Crippen LogP contribution >= 0.6 is 11.6 Å². The topological polar surface area (TPSA) is 101 Å². The Hall–Kier alpha value is -2.41. The van der Waals surface area contributed by atoms with Gasteiger partial charge in [0.1, 0.15) is 10.8 Å². The summed E-state index contributed by atoms with van der Waals surface area (Å²) >= 11 is 5.73. The number of aromatic amines is 1. The summed E-state index contributed by atoms with van der Waals surface area (Å²) < 4.78 is 0. The molecule has 0 radical (unpaired) electrons. The van der Waals surface area contributed by atoms with Crippen LogP contribution in [-0.4, -0.2) is 20.8 Å². The van der Waals surface area contributed by atoms with Gasteiger partial charge in [-0.3, -0.25) is 14.9 Å². The Kier molecular flexibility index (Phi) is 3.76. The van der Waals surface area contributed by atoms with Crippen molar-refractivity contribution in [2.45, 2.75) is 6.54 Å². The lowest BCUT2D eigenvalue weighted by molar-refractivity contribution is -0.384. The molecule has 1 aromatic heterocycles. The zero-order valence-corrected chi connectivity index (χ0v) is 10.3. The maximum absolute atomic E-state index is 11.8. The number of halogens is 1. The molecule has 2 N–H and O–H groups in total. The lowest BCUT2D eigenvalue weighted by Gasteiger charge is -2.04. The van der Waals surface area contributed by atoms with E-state index in [9.17, 15) is 14.9 Å². The third kappa shape index (κ3) is 3.08. The molecule has 98 valence electrons. The van der Waals surface area contributed by atoms with Crippen LogP contribution in [0.2, 0.25) is 5.02 Å². The summed E-state index contributed by atoms with van der Waals surface area (Å²) in [5.74, 6) is 0.231. The molecule has 8 heteroatoms. The van der Waals surface area contributed by atoms with E-state index in [2.05, 4.69) is 15.3 Å². The molecule has 0 saturated heterocycles. The minimum absolute atomic E-state index is 0.0735. The summed E-state index contributed by atoms with van der Waals surface area (Å²) in [5.41, 5.74) is 0.0198. The number of H-pyrrole nitrogens is 1. The summed E-state index contributed by atoms with van der Waals surface area (Å²) in [6.45, 7) is 0.237. The van der Waals surface area contributed by atoms with Gasteiger partial charge in [0.15, 0.2) is 0 Å². The van der Waals surface area contributed by atoms with Crippen LogP contribution in [-0.2, 0) is 6.54 Å². The normalized spacial score (nSPS) is 10.2. The maximum Gasteiger partial charge on any atom is 0.287 e. The molecule has 2 rings (SSSR count). The second-order valence-corrected chi connectivity index (χ2v) is 4.05. The quantitative estimate of drug-likeness (QED) is 0.659. The largest absolute Gasteiger partial charge is 0.347 e. The Bertz CT molecular complexity index is 612. The molecular formula is C11H9ClN4O3. The van der Waals surface area contributed by atoms with Gasteiger partial charge in [-0.1, -0.05) is 11.6 Å². The van der Waals surface area contributed by atoms with E-state index in [0.717, 1.165) is 0 Å². The van der Waals surface area contributed by atoms with E-state index in [1.165, 1.54) is 18.2 Å². The van der Waals surface area contributed by atoms with Crippen molar-refractivity contribution in [2.75, 3.05) is 0 Å². The monoisotopic (exact) mass is 280 g/mol. The standard InChI is InChI=1S/C11H9ClN4O3/c12-8-5-7(1-2-9(8)16(18)19)11(17)15-6-10-13-3-4-14-10/h1-5H,6H2,(H,13,14)(H,15,17). The van der Waals surface area contributed by atoms with Gasteiger partial charge in [0.2, 0.25) is 0 Å². The molecule has 7 nitrogen and oxygen atoms in total. The van der Waals surface area contributed by atoms with Crippen molar-refractivity contribution in [3.8, 4) is 0 Å². The number of nitrogens with one attached hydrogen (secondary N) is 2. The summed E-state index contributed by atoms with van der Waals surface area (Å²) in [7, 11) is 0. The zero-order valence-electron chi connectivity index (χ0n) is 9.59. The number of imidazole rings is 1. The van der Waals surface area contributed by atoms with Crippen molar-refractivity contribution < 1.29 is 9.72 Å². The van der Waals surface area contributed by atoms with E-state index in [1.807, 2.05) is 0 Å². The number of carbonyl (C=O) groups is 1. The molecule has 0 aliphatic heterocycles. The molecule has 0 atom stereocenters. The van der Waals surface area contributed by atoms with Crippen molar-refractivity contribution >= 4 is 23.2 Å². The fourth-order valence-corrected chi connectivity index (χ4v) is 1.71. The predicted molar refractivity (Wildman–Crippen MR) is 67.9 cm³/mol. The van der Waals surface area contributed by atoms with Crippen molar-refractivity contribution in [1.29, 1.82) is 0 Å². The molecule has 0 saturated carbocycles. The lowest BCUT2D eigenvalue weighted by Crippen LogP contribution is -2.23. The Morgan fingerprint density at radius 2 is 2.32 bits per heavy atom. The molecule has 0 aliphatic rings. The smallest absolute Gasteiger partial charge is 0.287 e. The molecule has 1 aromatic carbocycles. The number of aromatic nitrogens is 2. The Morgan fingerprint density at radius 3 is 2.89 bits per heavy atom. The van der Waals surface area contributed by atoms with E-state index in [1.54, 1.807) is 12.4 Å².